The number of piperazine rings is 1. The van der Waals surface area contributed by atoms with Gasteiger partial charge in [-0.25, -0.2) is 4.39 Å². The summed E-state index contributed by atoms with van der Waals surface area (Å²) in [5.74, 6) is -0.524. The van der Waals surface area contributed by atoms with Crippen LogP contribution in [0, 0.1) is 15.9 Å². The fourth-order valence-corrected chi connectivity index (χ4v) is 3.48. The Hall–Kier alpha value is -3.17. The van der Waals surface area contributed by atoms with E-state index in [-0.39, 0.29) is 16.7 Å². The number of hydrogen-bond donors (Lipinski definition) is 2. The Morgan fingerprint density at radius 3 is 2.57 bits per heavy atom. The molecule has 4 rings (SSSR count). The van der Waals surface area contributed by atoms with Crippen LogP contribution < -0.4 is 10.6 Å². The summed E-state index contributed by atoms with van der Waals surface area (Å²) in [6.07, 6.45) is 2.30. The number of anilines is 2. The van der Waals surface area contributed by atoms with E-state index in [0.29, 0.717) is 26.2 Å². The van der Waals surface area contributed by atoms with Gasteiger partial charge in [0, 0.05) is 43.4 Å². The first-order chi connectivity index (χ1) is 13.3. The fraction of sp³-hybridized carbons (Fsp3) is 0.444. The van der Waals surface area contributed by atoms with Gasteiger partial charge in [0.05, 0.1) is 16.6 Å². The van der Waals surface area contributed by atoms with Crippen LogP contribution in [0.5, 0.6) is 0 Å². The van der Waals surface area contributed by atoms with E-state index in [4.69, 9.17) is 5.73 Å². The number of aromatic amines is 1. The average molecular weight is 388 g/mol. The number of nitro groups is 1. The number of aromatic nitrogens is 2. The molecule has 1 amide bonds. The first-order valence-electron chi connectivity index (χ1n) is 9.12. The zero-order chi connectivity index (χ0) is 20.1. The molecule has 0 bridgehead atoms. The summed E-state index contributed by atoms with van der Waals surface area (Å²) in [6, 6.07) is 3.73. The van der Waals surface area contributed by atoms with E-state index in [1.807, 2.05) is 0 Å². The minimum absolute atomic E-state index is 0.177. The third-order valence-electron chi connectivity index (χ3n) is 5.66. The van der Waals surface area contributed by atoms with Crippen LogP contribution in [-0.4, -0.2) is 52.1 Å². The van der Waals surface area contributed by atoms with E-state index in [1.165, 1.54) is 4.90 Å². The van der Waals surface area contributed by atoms with Gasteiger partial charge in [-0.1, -0.05) is 6.92 Å². The van der Waals surface area contributed by atoms with Crippen LogP contribution in [-0.2, 0) is 5.41 Å². The highest BCUT2D eigenvalue weighted by atomic mass is 19.1. The molecule has 9 nitrogen and oxygen atoms in total. The zero-order valence-electron chi connectivity index (χ0n) is 15.4. The van der Waals surface area contributed by atoms with Crippen molar-refractivity contribution < 1.29 is 14.1 Å². The van der Waals surface area contributed by atoms with Gasteiger partial charge in [-0.15, -0.1) is 0 Å². The SMILES string of the molecule is CC1(c2cc(N3CCN(C(=O)c4cc(F)cc([N+](=O)[O-])c4N)CC3)n[nH]2)CC1. The summed E-state index contributed by atoms with van der Waals surface area (Å²) in [4.78, 5) is 26.6. The Bertz CT molecular complexity index is 947. The van der Waals surface area contributed by atoms with Gasteiger partial charge < -0.3 is 15.5 Å². The molecule has 2 fully saturated rings. The molecular formula is C18H21FN6O3. The molecule has 148 valence electrons. The minimum Gasteiger partial charge on any atom is -0.393 e. The largest absolute Gasteiger partial charge is 0.393 e. The summed E-state index contributed by atoms with van der Waals surface area (Å²) >= 11 is 0. The van der Waals surface area contributed by atoms with Crippen molar-refractivity contribution >= 4 is 23.1 Å². The summed E-state index contributed by atoms with van der Waals surface area (Å²) < 4.78 is 13.7. The van der Waals surface area contributed by atoms with Crippen molar-refractivity contribution in [3.8, 4) is 0 Å². The molecular weight excluding hydrogens is 367 g/mol. The second kappa shape index (κ2) is 6.47. The Labute approximate surface area is 160 Å². The second-order valence-corrected chi connectivity index (χ2v) is 7.62. The van der Waals surface area contributed by atoms with Gasteiger partial charge in [-0.2, -0.15) is 5.10 Å². The van der Waals surface area contributed by atoms with Gasteiger partial charge in [-0.05, 0) is 18.9 Å². The molecule has 0 spiro atoms. The maximum Gasteiger partial charge on any atom is 0.295 e. The minimum atomic E-state index is -0.861. The van der Waals surface area contributed by atoms with E-state index in [1.54, 1.807) is 0 Å². The number of halogens is 1. The number of nitrogens with one attached hydrogen (secondary N) is 1. The summed E-state index contributed by atoms with van der Waals surface area (Å²) in [7, 11) is 0. The highest BCUT2D eigenvalue weighted by Gasteiger charge is 2.41. The fourth-order valence-electron chi connectivity index (χ4n) is 3.48. The van der Waals surface area contributed by atoms with Crippen LogP contribution >= 0.6 is 0 Å². The van der Waals surface area contributed by atoms with Crippen LogP contribution in [0.3, 0.4) is 0 Å². The topological polar surface area (TPSA) is 121 Å². The summed E-state index contributed by atoms with van der Waals surface area (Å²) in [5, 5.41) is 18.5. The van der Waals surface area contributed by atoms with Crippen LogP contribution in [0.1, 0.15) is 35.8 Å². The van der Waals surface area contributed by atoms with Crippen molar-refractivity contribution in [1.82, 2.24) is 15.1 Å². The van der Waals surface area contributed by atoms with Gasteiger partial charge in [0.15, 0.2) is 5.82 Å². The quantitative estimate of drug-likeness (QED) is 0.470. The molecule has 1 aromatic carbocycles. The highest BCUT2D eigenvalue weighted by molar-refractivity contribution is 6.01. The Morgan fingerprint density at radius 1 is 1.29 bits per heavy atom. The molecule has 10 heteroatoms. The van der Waals surface area contributed by atoms with Gasteiger partial charge in [-0.3, -0.25) is 20.0 Å². The summed E-state index contributed by atoms with van der Waals surface area (Å²) in [6.45, 7) is 4.10. The number of nitrogen functional groups attached to an aromatic ring is 1. The number of amides is 1. The number of nitrogens with two attached hydrogens (primary N) is 1. The smallest absolute Gasteiger partial charge is 0.295 e. The van der Waals surface area contributed by atoms with E-state index < -0.39 is 22.3 Å². The number of carbonyl (C=O) groups excluding carboxylic acids is 1. The van der Waals surface area contributed by atoms with E-state index >= 15 is 0 Å². The maximum absolute atomic E-state index is 13.7. The third kappa shape index (κ3) is 3.14. The van der Waals surface area contributed by atoms with Crippen molar-refractivity contribution in [2.45, 2.75) is 25.2 Å². The number of nitro benzene ring substituents is 1. The van der Waals surface area contributed by atoms with Crippen molar-refractivity contribution in [2.24, 2.45) is 0 Å². The van der Waals surface area contributed by atoms with Crippen molar-refractivity contribution in [3.05, 3.63) is 45.4 Å². The van der Waals surface area contributed by atoms with Gasteiger partial charge in [0.25, 0.3) is 11.6 Å². The first-order valence-corrected chi connectivity index (χ1v) is 9.12. The lowest BCUT2D eigenvalue weighted by Crippen LogP contribution is -2.49. The van der Waals surface area contributed by atoms with Gasteiger partial charge in [0.1, 0.15) is 11.5 Å². The lowest BCUT2D eigenvalue weighted by atomic mass is 10.1. The monoisotopic (exact) mass is 388 g/mol. The number of benzene rings is 1. The zero-order valence-corrected chi connectivity index (χ0v) is 15.4. The Balaban J connectivity index is 1.46. The van der Waals surface area contributed by atoms with Crippen molar-refractivity contribution in [2.75, 3.05) is 36.8 Å². The van der Waals surface area contributed by atoms with Gasteiger partial charge in [0.2, 0.25) is 0 Å². The Kier molecular flexibility index (Phi) is 4.20. The van der Waals surface area contributed by atoms with Crippen molar-refractivity contribution in [3.63, 3.8) is 0 Å². The number of carbonyl (C=O) groups is 1. The maximum atomic E-state index is 13.7. The Morgan fingerprint density at radius 2 is 1.96 bits per heavy atom. The van der Waals surface area contributed by atoms with Crippen LogP contribution in [0.15, 0.2) is 18.2 Å². The number of H-pyrrole nitrogens is 1. The van der Waals surface area contributed by atoms with Crippen LogP contribution in [0.4, 0.5) is 21.6 Å². The van der Waals surface area contributed by atoms with Gasteiger partial charge >= 0.3 is 0 Å². The number of rotatable bonds is 4. The van der Waals surface area contributed by atoms with E-state index in [0.717, 1.165) is 36.5 Å². The molecule has 1 saturated heterocycles. The lowest BCUT2D eigenvalue weighted by molar-refractivity contribution is -0.384. The molecule has 1 aromatic heterocycles. The van der Waals surface area contributed by atoms with E-state index in [2.05, 4.69) is 28.1 Å². The third-order valence-corrected chi connectivity index (χ3v) is 5.66. The lowest BCUT2D eigenvalue weighted by Gasteiger charge is -2.35. The highest BCUT2D eigenvalue weighted by Crippen LogP contribution is 2.47. The summed E-state index contributed by atoms with van der Waals surface area (Å²) in [5.41, 5.74) is 5.99. The predicted octanol–water partition coefficient (Wildman–Crippen LogP) is 2.05. The molecule has 2 aliphatic rings. The standard InChI is InChI=1S/C18H21FN6O3/c1-18(2-3-18)14-10-15(22-21-14)23-4-6-24(7-5-23)17(26)12-8-11(19)9-13(16(12)20)25(27)28/h8-10H,2-7,20H2,1H3,(H,21,22). The van der Waals surface area contributed by atoms with Crippen LogP contribution in [0.2, 0.25) is 0 Å². The molecule has 28 heavy (non-hydrogen) atoms. The van der Waals surface area contributed by atoms with Crippen molar-refractivity contribution in [1.29, 1.82) is 0 Å². The molecule has 2 aromatic rings. The first kappa shape index (κ1) is 18.2. The molecule has 1 saturated carbocycles. The molecule has 0 unspecified atom stereocenters. The normalized spacial score (nSPS) is 18.2. The molecule has 1 aliphatic heterocycles. The number of nitrogens with zero attached hydrogens (tertiary/aromatic N) is 4. The molecule has 3 N–H and O–H groups in total. The molecule has 0 radical (unpaired) electrons. The van der Waals surface area contributed by atoms with Crippen LogP contribution in [0.25, 0.3) is 0 Å². The predicted molar refractivity (Wildman–Crippen MR) is 101 cm³/mol. The molecule has 0 atom stereocenters. The number of hydrogen-bond acceptors (Lipinski definition) is 6. The van der Waals surface area contributed by atoms with E-state index in [9.17, 15) is 19.3 Å². The second-order valence-electron chi connectivity index (χ2n) is 7.62. The average Bonchev–Trinajstić information content (AvgIpc) is 3.22. The molecule has 2 heterocycles. The molecule has 1 aliphatic carbocycles.